The van der Waals surface area contributed by atoms with Gasteiger partial charge in [-0.15, -0.1) is 0 Å². The molecule has 0 saturated carbocycles. The third kappa shape index (κ3) is 16.9. The van der Waals surface area contributed by atoms with Gasteiger partial charge in [-0.1, -0.05) is 180 Å². The largest absolute Gasteiger partial charge is 0.247 e. The molecule has 0 unspecified atom stereocenters. The topological polar surface area (TPSA) is 12.4 Å². The van der Waals surface area contributed by atoms with E-state index in [0.29, 0.717) is 0 Å². The zero-order valence-corrected chi connectivity index (χ0v) is 28.0. The van der Waals surface area contributed by atoms with Gasteiger partial charge in [0.2, 0.25) is 0 Å². The Morgan fingerprint density at radius 3 is 1.10 bits per heavy atom. The van der Waals surface area contributed by atoms with Gasteiger partial charge in [0.05, 0.1) is 13.1 Å². The minimum atomic E-state index is 1.01. The number of rotatable bonds is 30. The van der Waals surface area contributed by atoms with Crippen molar-refractivity contribution < 1.29 is 0 Å². The molecule has 0 saturated heterocycles. The lowest BCUT2D eigenvalue weighted by Gasteiger charge is -2.31. The quantitative estimate of drug-likeness (QED) is 0.0647. The first kappa shape index (κ1) is 36.0. The van der Waals surface area contributed by atoms with Crippen LogP contribution in [0.25, 0.3) is 0 Å². The number of hydrogen-bond donors (Lipinski definition) is 0. The van der Waals surface area contributed by atoms with Crippen LogP contribution in [0.3, 0.4) is 0 Å². The van der Waals surface area contributed by atoms with Gasteiger partial charge in [0.1, 0.15) is 5.69 Å². The Morgan fingerprint density at radius 2 is 0.732 bits per heavy atom. The van der Waals surface area contributed by atoms with Crippen LogP contribution in [0.5, 0.6) is 0 Å². The molecule has 0 amide bonds. The number of aliphatic imine (C=N–C) groups is 1. The number of nitrogens with zero attached hydrogens (tertiary/aromatic N) is 2. The zero-order chi connectivity index (χ0) is 29.1. The first-order chi connectivity index (χ1) is 20.3. The number of quaternary nitrogens is 1. The van der Waals surface area contributed by atoms with Gasteiger partial charge in [-0.25, -0.2) is 4.48 Å². The van der Waals surface area contributed by atoms with E-state index in [0.717, 1.165) is 4.48 Å². The molecule has 1 aromatic carbocycles. The molecule has 0 atom stereocenters. The second-order valence-corrected chi connectivity index (χ2v) is 13.4. The fourth-order valence-corrected chi connectivity index (χ4v) is 6.83. The number of fused-ring (bicyclic) bond motifs is 1. The average Bonchev–Trinajstić information content (AvgIpc) is 3.36. The summed E-state index contributed by atoms with van der Waals surface area (Å²) < 4.78 is 1.01. The maximum Gasteiger partial charge on any atom is 0.195 e. The summed E-state index contributed by atoms with van der Waals surface area (Å²) in [7, 11) is 0. The van der Waals surface area contributed by atoms with Crippen LogP contribution in [-0.4, -0.2) is 19.4 Å². The summed E-state index contributed by atoms with van der Waals surface area (Å²) in [6, 6.07) is 8.92. The molecule has 0 aliphatic carbocycles. The fourth-order valence-electron chi connectivity index (χ4n) is 6.83. The summed E-state index contributed by atoms with van der Waals surface area (Å²) >= 11 is 0. The third-order valence-corrected chi connectivity index (χ3v) is 9.60. The normalized spacial score (nSPS) is 13.7. The van der Waals surface area contributed by atoms with E-state index in [9.17, 15) is 0 Å². The summed E-state index contributed by atoms with van der Waals surface area (Å²) in [6.07, 6.45) is 42.3. The van der Waals surface area contributed by atoms with E-state index in [1.807, 2.05) is 0 Å². The number of hydrogen-bond acceptors (Lipinski definition) is 1. The molecule has 2 heteroatoms. The smallest absolute Gasteiger partial charge is 0.195 e. The molecule has 0 N–H and O–H groups in total. The standard InChI is InChI=1S/C39H71N2/c1-3-5-7-9-11-13-15-17-19-21-23-25-27-31-35-41(37-40-38-33-29-30-34-39(38)41)36-32-28-26-24-22-20-18-16-14-12-10-8-6-4-2/h29-30,33-34,37H,3-28,31-32,35-36H2,1-2H3/q+1. The fraction of sp³-hybridized carbons (Fsp3) is 0.821. The lowest BCUT2D eigenvalue weighted by atomic mass is 10.0. The number of benzene rings is 1. The highest BCUT2D eigenvalue weighted by Gasteiger charge is 2.34. The van der Waals surface area contributed by atoms with E-state index >= 15 is 0 Å². The van der Waals surface area contributed by atoms with Crippen LogP contribution in [0.2, 0.25) is 0 Å². The summed E-state index contributed by atoms with van der Waals surface area (Å²) in [5.74, 6) is 0. The van der Waals surface area contributed by atoms with Crippen molar-refractivity contribution in [2.24, 2.45) is 4.99 Å². The molecule has 1 heterocycles. The predicted molar refractivity (Wildman–Crippen MR) is 187 cm³/mol. The summed E-state index contributed by atoms with van der Waals surface area (Å²) in [4.78, 5) is 4.87. The van der Waals surface area contributed by atoms with Crippen molar-refractivity contribution in [2.45, 2.75) is 194 Å². The van der Waals surface area contributed by atoms with Gasteiger partial charge in [-0.3, -0.25) is 0 Å². The summed E-state index contributed by atoms with van der Waals surface area (Å²) in [6.45, 7) is 7.08. The van der Waals surface area contributed by atoms with Gasteiger partial charge >= 0.3 is 0 Å². The lowest BCUT2D eigenvalue weighted by molar-refractivity contribution is 0.391. The van der Waals surface area contributed by atoms with Crippen molar-refractivity contribution in [2.75, 3.05) is 13.1 Å². The minimum Gasteiger partial charge on any atom is -0.247 e. The van der Waals surface area contributed by atoms with Gasteiger partial charge in [0.15, 0.2) is 12.0 Å². The Bertz CT molecular complexity index is 707. The molecule has 0 radical (unpaired) electrons. The molecule has 236 valence electrons. The van der Waals surface area contributed by atoms with Crippen LogP contribution in [0.1, 0.15) is 194 Å². The number of unbranched alkanes of at least 4 members (excludes halogenated alkanes) is 26. The molecule has 0 aromatic heterocycles. The van der Waals surface area contributed by atoms with E-state index < -0.39 is 0 Å². The maximum absolute atomic E-state index is 4.87. The molecule has 1 aromatic rings. The number of para-hydroxylation sites is 2. The molecule has 2 rings (SSSR count). The van der Waals surface area contributed by atoms with Crippen molar-refractivity contribution in [3.63, 3.8) is 0 Å². The van der Waals surface area contributed by atoms with E-state index in [1.165, 1.54) is 204 Å². The zero-order valence-electron chi connectivity index (χ0n) is 28.0. The molecule has 0 bridgehead atoms. The molecule has 1 aliphatic heterocycles. The second-order valence-electron chi connectivity index (χ2n) is 13.4. The highest BCUT2D eigenvalue weighted by atomic mass is 15.4. The van der Waals surface area contributed by atoms with Crippen LogP contribution in [0, 0.1) is 0 Å². The highest BCUT2D eigenvalue weighted by Crippen LogP contribution is 2.38. The van der Waals surface area contributed by atoms with Crippen LogP contribution >= 0.6 is 0 Å². The van der Waals surface area contributed by atoms with Crippen LogP contribution in [-0.2, 0) is 0 Å². The van der Waals surface area contributed by atoms with Crippen molar-refractivity contribution in [3.05, 3.63) is 24.3 Å². The average molecular weight is 568 g/mol. The van der Waals surface area contributed by atoms with E-state index in [-0.39, 0.29) is 0 Å². The van der Waals surface area contributed by atoms with E-state index in [2.05, 4.69) is 44.5 Å². The van der Waals surface area contributed by atoms with Crippen molar-refractivity contribution >= 4 is 17.7 Å². The minimum absolute atomic E-state index is 1.01. The summed E-state index contributed by atoms with van der Waals surface area (Å²) in [5.41, 5.74) is 2.67. The first-order valence-corrected chi connectivity index (χ1v) is 18.8. The molecular formula is C39H71N2+. The molecule has 0 spiro atoms. The molecule has 2 nitrogen and oxygen atoms in total. The Morgan fingerprint density at radius 1 is 0.415 bits per heavy atom. The molecule has 1 aliphatic rings. The molecule has 0 fully saturated rings. The van der Waals surface area contributed by atoms with Crippen molar-refractivity contribution in [1.82, 2.24) is 4.48 Å². The Balaban J connectivity index is 1.52. The van der Waals surface area contributed by atoms with Crippen LogP contribution < -0.4 is 4.48 Å². The van der Waals surface area contributed by atoms with Gasteiger partial charge in [0, 0.05) is 6.07 Å². The van der Waals surface area contributed by atoms with Crippen LogP contribution in [0.4, 0.5) is 11.4 Å². The van der Waals surface area contributed by atoms with Crippen molar-refractivity contribution in [1.29, 1.82) is 0 Å². The lowest BCUT2D eigenvalue weighted by Crippen LogP contribution is -2.48. The van der Waals surface area contributed by atoms with Crippen LogP contribution in [0.15, 0.2) is 29.3 Å². The predicted octanol–water partition coefficient (Wildman–Crippen LogP) is 13.6. The molecule has 41 heavy (non-hydrogen) atoms. The second kappa shape index (κ2) is 25.4. The SMILES string of the molecule is CCCCCCCCCCCCCCCC[N+]1(CCCCCCCCCCCCCCCC)C=Nc2ccccc21. The van der Waals surface area contributed by atoms with Gasteiger partial charge in [-0.05, 0) is 31.7 Å². The molecular weight excluding hydrogens is 496 g/mol. The third-order valence-electron chi connectivity index (χ3n) is 9.60. The Kier molecular flexibility index (Phi) is 22.3. The summed E-state index contributed by atoms with van der Waals surface area (Å²) in [5, 5.41) is 0. The van der Waals surface area contributed by atoms with Gasteiger partial charge < -0.3 is 0 Å². The first-order valence-electron chi connectivity index (χ1n) is 18.8. The van der Waals surface area contributed by atoms with Gasteiger partial charge in [-0.2, -0.15) is 4.99 Å². The maximum atomic E-state index is 4.87. The van der Waals surface area contributed by atoms with Crippen molar-refractivity contribution in [3.8, 4) is 0 Å². The van der Waals surface area contributed by atoms with E-state index in [4.69, 9.17) is 4.99 Å². The van der Waals surface area contributed by atoms with E-state index in [1.54, 1.807) is 0 Å². The highest BCUT2D eigenvalue weighted by molar-refractivity contribution is 5.88. The monoisotopic (exact) mass is 568 g/mol. The van der Waals surface area contributed by atoms with Gasteiger partial charge in [0.25, 0.3) is 0 Å². The Labute approximate surface area is 257 Å². The Hall–Kier alpha value is -1.15.